The van der Waals surface area contributed by atoms with Crippen LogP contribution in [-0.2, 0) is 13.0 Å². The number of hydrogen-bond acceptors (Lipinski definition) is 3. The third kappa shape index (κ3) is 2.98. The molecule has 3 nitrogen and oxygen atoms in total. The molecule has 0 saturated heterocycles. The molecular formula is C18H23N3. The molecule has 1 aliphatic rings. The maximum Gasteiger partial charge on any atom is 0.159 e. The van der Waals surface area contributed by atoms with Crippen LogP contribution < -0.4 is 0 Å². The monoisotopic (exact) mass is 281 g/mol. The number of fused-ring (bicyclic) bond motifs is 1. The number of aryl methyl sites for hydroxylation is 2. The van der Waals surface area contributed by atoms with Gasteiger partial charge < -0.3 is 0 Å². The van der Waals surface area contributed by atoms with E-state index in [4.69, 9.17) is 9.97 Å². The molecule has 2 aromatic rings. The highest BCUT2D eigenvalue weighted by atomic mass is 15.1. The Labute approximate surface area is 127 Å². The van der Waals surface area contributed by atoms with Crippen LogP contribution in [0.25, 0.3) is 11.4 Å². The zero-order valence-corrected chi connectivity index (χ0v) is 13.2. The minimum Gasteiger partial charge on any atom is -0.299 e. The van der Waals surface area contributed by atoms with Crippen molar-refractivity contribution in [1.82, 2.24) is 14.9 Å². The maximum atomic E-state index is 4.83. The summed E-state index contributed by atoms with van der Waals surface area (Å²) in [6, 6.07) is 8.47. The molecular weight excluding hydrogens is 258 g/mol. The van der Waals surface area contributed by atoms with E-state index in [-0.39, 0.29) is 0 Å². The smallest absolute Gasteiger partial charge is 0.159 e. The first kappa shape index (κ1) is 14.2. The standard InChI is InChI=1S/C18H23N3/c1-4-10-21-11-9-17-16(12-21)14(3)19-18(20-17)15-7-5-13(2)6-8-15/h5-8H,4,9-12H2,1-3H3. The topological polar surface area (TPSA) is 29.0 Å². The summed E-state index contributed by atoms with van der Waals surface area (Å²) < 4.78 is 0. The van der Waals surface area contributed by atoms with E-state index in [0.29, 0.717) is 0 Å². The van der Waals surface area contributed by atoms with Crippen molar-refractivity contribution in [3.63, 3.8) is 0 Å². The van der Waals surface area contributed by atoms with Gasteiger partial charge in [0, 0.05) is 36.3 Å². The summed E-state index contributed by atoms with van der Waals surface area (Å²) in [5.74, 6) is 0.871. The van der Waals surface area contributed by atoms with Gasteiger partial charge in [-0.1, -0.05) is 36.8 Å². The molecule has 0 fully saturated rings. The molecule has 0 radical (unpaired) electrons. The van der Waals surface area contributed by atoms with Gasteiger partial charge >= 0.3 is 0 Å². The molecule has 0 atom stereocenters. The fraction of sp³-hybridized carbons (Fsp3) is 0.444. The molecule has 1 aromatic heterocycles. The lowest BCUT2D eigenvalue weighted by atomic mass is 10.0. The Morgan fingerprint density at radius 3 is 2.57 bits per heavy atom. The predicted octanol–water partition coefficient (Wildman–Crippen LogP) is 3.53. The van der Waals surface area contributed by atoms with Gasteiger partial charge in [0.25, 0.3) is 0 Å². The van der Waals surface area contributed by atoms with Crippen molar-refractivity contribution in [2.24, 2.45) is 0 Å². The van der Waals surface area contributed by atoms with Gasteiger partial charge in [-0.3, -0.25) is 4.90 Å². The van der Waals surface area contributed by atoms with Gasteiger partial charge in [-0.2, -0.15) is 0 Å². The van der Waals surface area contributed by atoms with Crippen LogP contribution in [0, 0.1) is 13.8 Å². The Hall–Kier alpha value is -1.74. The van der Waals surface area contributed by atoms with Gasteiger partial charge in [-0.25, -0.2) is 9.97 Å². The SMILES string of the molecule is CCCN1CCc2nc(-c3ccc(C)cc3)nc(C)c2C1. The molecule has 2 heterocycles. The van der Waals surface area contributed by atoms with Crippen LogP contribution in [0.2, 0.25) is 0 Å². The normalized spacial score (nSPS) is 15.0. The summed E-state index contributed by atoms with van der Waals surface area (Å²) in [6.45, 7) is 9.74. The van der Waals surface area contributed by atoms with Crippen molar-refractivity contribution < 1.29 is 0 Å². The van der Waals surface area contributed by atoms with Crippen molar-refractivity contribution in [2.75, 3.05) is 13.1 Å². The van der Waals surface area contributed by atoms with Crippen LogP contribution in [0.5, 0.6) is 0 Å². The van der Waals surface area contributed by atoms with E-state index in [9.17, 15) is 0 Å². The summed E-state index contributed by atoms with van der Waals surface area (Å²) >= 11 is 0. The fourth-order valence-electron chi connectivity index (χ4n) is 2.97. The molecule has 0 saturated carbocycles. The largest absolute Gasteiger partial charge is 0.299 e. The van der Waals surface area contributed by atoms with Crippen molar-refractivity contribution in [3.8, 4) is 11.4 Å². The summed E-state index contributed by atoms with van der Waals surface area (Å²) in [5, 5.41) is 0. The van der Waals surface area contributed by atoms with Crippen molar-refractivity contribution in [2.45, 2.75) is 40.2 Å². The van der Waals surface area contributed by atoms with E-state index in [1.165, 1.54) is 29.8 Å². The second kappa shape index (κ2) is 5.94. The molecule has 21 heavy (non-hydrogen) atoms. The Morgan fingerprint density at radius 1 is 1.10 bits per heavy atom. The van der Waals surface area contributed by atoms with E-state index in [1.807, 2.05) is 0 Å². The number of rotatable bonds is 3. The molecule has 0 bridgehead atoms. The minimum absolute atomic E-state index is 0.871. The Balaban J connectivity index is 1.93. The molecule has 0 amide bonds. The lowest BCUT2D eigenvalue weighted by Crippen LogP contribution is -2.32. The van der Waals surface area contributed by atoms with Crippen LogP contribution in [0.3, 0.4) is 0 Å². The fourth-order valence-corrected chi connectivity index (χ4v) is 2.97. The van der Waals surface area contributed by atoms with E-state index < -0.39 is 0 Å². The van der Waals surface area contributed by atoms with Gasteiger partial charge in [-0.05, 0) is 26.8 Å². The van der Waals surface area contributed by atoms with E-state index >= 15 is 0 Å². The Kier molecular flexibility index (Phi) is 4.02. The average Bonchev–Trinajstić information content (AvgIpc) is 2.49. The van der Waals surface area contributed by atoms with Gasteiger partial charge in [0.1, 0.15) is 0 Å². The van der Waals surface area contributed by atoms with Gasteiger partial charge in [0.15, 0.2) is 5.82 Å². The second-order valence-electron chi connectivity index (χ2n) is 5.95. The summed E-state index contributed by atoms with van der Waals surface area (Å²) in [4.78, 5) is 12.1. The molecule has 3 rings (SSSR count). The molecule has 0 N–H and O–H groups in total. The molecule has 110 valence electrons. The lowest BCUT2D eigenvalue weighted by Gasteiger charge is -2.28. The van der Waals surface area contributed by atoms with E-state index in [2.05, 4.69) is 49.9 Å². The van der Waals surface area contributed by atoms with Crippen molar-refractivity contribution >= 4 is 0 Å². The molecule has 0 unspecified atom stereocenters. The molecule has 1 aliphatic heterocycles. The highest BCUT2D eigenvalue weighted by Gasteiger charge is 2.20. The van der Waals surface area contributed by atoms with Gasteiger partial charge in [-0.15, -0.1) is 0 Å². The second-order valence-corrected chi connectivity index (χ2v) is 5.95. The zero-order chi connectivity index (χ0) is 14.8. The average molecular weight is 281 g/mol. The first-order valence-corrected chi connectivity index (χ1v) is 7.83. The van der Waals surface area contributed by atoms with E-state index in [0.717, 1.165) is 36.6 Å². The maximum absolute atomic E-state index is 4.83. The number of aromatic nitrogens is 2. The van der Waals surface area contributed by atoms with E-state index in [1.54, 1.807) is 0 Å². The van der Waals surface area contributed by atoms with Crippen LogP contribution in [0.1, 0.15) is 35.9 Å². The number of benzene rings is 1. The summed E-state index contributed by atoms with van der Waals surface area (Å²) in [5.41, 5.74) is 6.10. The van der Waals surface area contributed by atoms with Crippen molar-refractivity contribution in [3.05, 3.63) is 46.8 Å². The number of nitrogens with zero attached hydrogens (tertiary/aromatic N) is 3. The highest BCUT2D eigenvalue weighted by molar-refractivity contribution is 5.56. The molecule has 3 heteroatoms. The lowest BCUT2D eigenvalue weighted by molar-refractivity contribution is 0.251. The first-order chi connectivity index (χ1) is 10.2. The van der Waals surface area contributed by atoms with Gasteiger partial charge in [0.2, 0.25) is 0 Å². The zero-order valence-electron chi connectivity index (χ0n) is 13.2. The Bertz CT molecular complexity index is 632. The van der Waals surface area contributed by atoms with Crippen LogP contribution in [-0.4, -0.2) is 28.0 Å². The number of hydrogen-bond donors (Lipinski definition) is 0. The summed E-state index contributed by atoms with van der Waals surface area (Å²) in [7, 11) is 0. The highest BCUT2D eigenvalue weighted by Crippen LogP contribution is 2.24. The minimum atomic E-state index is 0.871. The van der Waals surface area contributed by atoms with Crippen molar-refractivity contribution in [1.29, 1.82) is 0 Å². The van der Waals surface area contributed by atoms with Crippen LogP contribution in [0.15, 0.2) is 24.3 Å². The Morgan fingerprint density at radius 2 is 1.86 bits per heavy atom. The van der Waals surface area contributed by atoms with Crippen LogP contribution >= 0.6 is 0 Å². The third-order valence-electron chi connectivity index (χ3n) is 4.20. The van der Waals surface area contributed by atoms with Crippen LogP contribution in [0.4, 0.5) is 0 Å². The molecule has 0 aliphatic carbocycles. The predicted molar refractivity (Wildman–Crippen MR) is 86.2 cm³/mol. The molecule has 0 spiro atoms. The summed E-state index contributed by atoms with van der Waals surface area (Å²) in [6.07, 6.45) is 2.24. The third-order valence-corrected chi connectivity index (χ3v) is 4.20. The van der Waals surface area contributed by atoms with Gasteiger partial charge in [0.05, 0.1) is 5.69 Å². The first-order valence-electron chi connectivity index (χ1n) is 7.83. The quantitative estimate of drug-likeness (QED) is 0.862. The molecule has 1 aromatic carbocycles.